The first-order chi connectivity index (χ1) is 13.5. The second kappa shape index (κ2) is 9.17. The minimum Gasteiger partial charge on any atom is -0.454 e. The normalized spacial score (nSPS) is 16.6. The fourth-order valence-corrected chi connectivity index (χ4v) is 3.44. The SMILES string of the molecule is CCNC(=NCC(C)(C)c1ccc2c(c1)OCO2)NCCCN1CCCC1=O. The molecule has 1 fully saturated rings. The van der Waals surface area contributed by atoms with E-state index in [1.54, 1.807) is 0 Å². The molecule has 1 saturated heterocycles. The molecule has 0 bridgehead atoms. The Morgan fingerprint density at radius 2 is 2.07 bits per heavy atom. The zero-order valence-corrected chi connectivity index (χ0v) is 17.2. The highest BCUT2D eigenvalue weighted by Gasteiger charge is 2.24. The van der Waals surface area contributed by atoms with E-state index in [1.807, 2.05) is 17.0 Å². The Morgan fingerprint density at radius 1 is 1.25 bits per heavy atom. The number of carbonyl (C=O) groups is 1. The summed E-state index contributed by atoms with van der Waals surface area (Å²) in [6.07, 6.45) is 2.61. The van der Waals surface area contributed by atoms with Crippen molar-refractivity contribution in [3.05, 3.63) is 23.8 Å². The lowest BCUT2D eigenvalue weighted by Gasteiger charge is -2.24. The molecule has 0 atom stereocenters. The van der Waals surface area contributed by atoms with Gasteiger partial charge in [0.05, 0.1) is 6.54 Å². The van der Waals surface area contributed by atoms with Crippen molar-refractivity contribution in [3.8, 4) is 11.5 Å². The lowest BCUT2D eigenvalue weighted by molar-refractivity contribution is -0.127. The van der Waals surface area contributed by atoms with Crippen LogP contribution in [-0.4, -0.2) is 56.3 Å². The van der Waals surface area contributed by atoms with E-state index in [9.17, 15) is 4.79 Å². The van der Waals surface area contributed by atoms with E-state index in [1.165, 1.54) is 5.56 Å². The monoisotopic (exact) mass is 388 g/mol. The topological polar surface area (TPSA) is 75.2 Å². The van der Waals surface area contributed by atoms with Crippen LogP contribution >= 0.6 is 0 Å². The molecule has 1 aromatic carbocycles. The summed E-state index contributed by atoms with van der Waals surface area (Å²) in [6, 6.07) is 6.09. The highest BCUT2D eigenvalue weighted by atomic mass is 16.7. The first kappa shape index (κ1) is 20.3. The second-order valence-corrected chi connectivity index (χ2v) is 7.91. The third-order valence-electron chi connectivity index (χ3n) is 5.20. The van der Waals surface area contributed by atoms with E-state index in [0.717, 1.165) is 56.5 Å². The first-order valence-corrected chi connectivity index (χ1v) is 10.2. The van der Waals surface area contributed by atoms with E-state index in [4.69, 9.17) is 14.5 Å². The van der Waals surface area contributed by atoms with Gasteiger partial charge in [0.15, 0.2) is 17.5 Å². The number of nitrogens with one attached hydrogen (secondary N) is 2. The maximum Gasteiger partial charge on any atom is 0.231 e. The van der Waals surface area contributed by atoms with E-state index in [0.29, 0.717) is 13.0 Å². The van der Waals surface area contributed by atoms with Crippen molar-refractivity contribution in [1.82, 2.24) is 15.5 Å². The molecule has 1 aromatic rings. The summed E-state index contributed by atoms with van der Waals surface area (Å²) in [7, 11) is 0. The number of guanidine groups is 1. The Bertz CT molecular complexity index is 718. The predicted molar refractivity (Wildman–Crippen MR) is 110 cm³/mol. The highest BCUT2D eigenvalue weighted by Crippen LogP contribution is 2.36. The van der Waals surface area contributed by atoms with Crippen molar-refractivity contribution >= 4 is 11.9 Å². The Morgan fingerprint density at radius 3 is 2.82 bits per heavy atom. The van der Waals surface area contributed by atoms with Crippen LogP contribution < -0.4 is 20.1 Å². The van der Waals surface area contributed by atoms with Crippen molar-refractivity contribution in [2.45, 2.75) is 45.4 Å². The fourth-order valence-electron chi connectivity index (χ4n) is 3.44. The minimum absolute atomic E-state index is 0.134. The number of amides is 1. The maximum atomic E-state index is 11.7. The van der Waals surface area contributed by atoms with Gasteiger partial charge in [0.2, 0.25) is 12.7 Å². The van der Waals surface area contributed by atoms with Gasteiger partial charge in [-0.15, -0.1) is 0 Å². The molecule has 2 N–H and O–H groups in total. The van der Waals surface area contributed by atoms with Crippen molar-refractivity contribution in [2.75, 3.05) is 39.5 Å². The lowest BCUT2D eigenvalue weighted by Crippen LogP contribution is -2.40. The van der Waals surface area contributed by atoms with Gasteiger partial charge >= 0.3 is 0 Å². The smallest absolute Gasteiger partial charge is 0.231 e. The molecule has 0 aromatic heterocycles. The van der Waals surface area contributed by atoms with Gasteiger partial charge in [-0.1, -0.05) is 19.9 Å². The number of ether oxygens (including phenoxy) is 2. The van der Waals surface area contributed by atoms with Crippen LogP contribution in [0.2, 0.25) is 0 Å². The standard InChI is InChI=1S/C21H32N4O3/c1-4-22-20(23-10-6-12-25-11-5-7-19(25)26)24-14-21(2,3)16-8-9-17-18(13-16)28-15-27-17/h8-9,13H,4-7,10-12,14-15H2,1-3H3,(H2,22,23,24). The largest absolute Gasteiger partial charge is 0.454 e. The molecule has 7 heteroatoms. The molecule has 3 rings (SSSR count). The van der Waals surface area contributed by atoms with Crippen molar-refractivity contribution in [2.24, 2.45) is 4.99 Å². The Hall–Kier alpha value is -2.44. The predicted octanol–water partition coefficient (Wildman–Crippen LogP) is 2.26. The highest BCUT2D eigenvalue weighted by molar-refractivity contribution is 5.80. The van der Waals surface area contributed by atoms with Crippen molar-refractivity contribution in [1.29, 1.82) is 0 Å². The van der Waals surface area contributed by atoms with Crippen LogP contribution in [0.5, 0.6) is 11.5 Å². The average molecular weight is 389 g/mol. The summed E-state index contributed by atoms with van der Waals surface area (Å²) in [5, 5.41) is 6.68. The quantitative estimate of drug-likeness (QED) is 0.406. The number of hydrogen-bond donors (Lipinski definition) is 2. The molecule has 7 nitrogen and oxygen atoms in total. The van der Waals surface area contributed by atoms with Crippen LogP contribution in [0.1, 0.15) is 45.6 Å². The first-order valence-electron chi connectivity index (χ1n) is 10.2. The van der Waals surface area contributed by atoms with Gasteiger partial charge in [0.1, 0.15) is 0 Å². The number of rotatable bonds is 8. The molecule has 2 aliphatic heterocycles. The van der Waals surface area contributed by atoms with Crippen LogP contribution in [0.15, 0.2) is 23.2 Å². The number of fused-ring (bicyclic) bond motifs is 1. The third-order valence-corrected chi connectivity index (χ3v) is 5.20. The van der Waals surface area contributed by atoms with Gasteiger partial charge in [0.25, 0.3) is 0 Å². The molecule has 1 amide bonds. The van der Waals surface area contributed by atoms with Gasteiger partial charge in [-0.3, -0.25) is 9.79 Å². The minimum atomic E-state index is -0.134. The van der Waals surface area contributed by atoms with Gasteiger partial charge in [-0.05, 0) is 37.5 Å². The Labute approximate surface area is 167 Å². The van der Waals surface area contributed by atoms with Gasteiger partial charge < -0.3 is 25.0 Å². The number of likely N-dealkylation sites (tertiary alicyclic amines) is 1. The molecule has 2 heterocycles. The molecular formula is C21H32N4O3. The molecule has 0 spiro atoms. The van der Waals surface area contributed by atoms with E-state index < -0.39 is 0 Å². The van der Waals surface area contributed by atoms with Crippen LogP contribution in [0, 0.1) is 0 Å². The fraction of sp³-hybridized carbons (Fsp3) is 0.619. The molecule has 154 valence electrons. The van der Waals surface area contributed by atoms with Crippen LogP contribution in [0.25, 0.3) is 0 Å². The number of benzene rings is 1. The zero-order chi connectivity index (χ0) is 20.0. The molecule has 28 heavy (non-hydrogen) atoms. The van der Waals surface area contributed by atoms with Gasteiger partial charge in [-0.25, -0.2) is 0 Å². The second-order valence-electron chi connectivity index (χ2n) is 7.91. The molecule has 0 unspecified atom stereocenters. The Balaban J connectivity index is 1.53. The molecule has 0 radical (unpaired) electrons. The number of carbonyl (C=O) groups excluding carboxylic acids is 1. The van der Waals surface area contributed by atoms with Gasteiger partial charge in [0, 0.05) is 38.0 Å². The lowest BCUT2D eigenvalue weighted by atomic mass is 9.84. The van der Waals surface area contributed by atoms with E-state index in [-0.39, 0.29) is 18.1 Å². The van der Waals surface area contributed by atoms with Crippen molar-refractivity contribution < 1.29 is 14.3 Å². The summed E-state index contributed by atoms with van der Waals surface area (Å²) >= 11 is 0. The molecule has 0 aliphatic carbocycles. The van der Waals surface area contributed by atoms with Crippen LogP contribution in [0.4, 0.5) is 0 Å². The zero-order valence-electron chi connectivity index (χ0n) is 17.2. The van der Waals surface area contributed by atoms with Gasteiger partial charge in [-0.2, -0.15) is 0 Å². The third kappa shape index (κ3) is 5.09. The van der Waals surface area contributed by atoms with E-state index in [2.05, 4.69) is 37.5 Å². The molecule has 2 aliphatic rings. The number of aliphatic imine (C=N–C) groups is 1. The molecular weight excluding hydrogens is 356 g/mol. The number of nitrogens with zero attached hydrogens (tertiary/aromatic N) is 2. The summed E-state index contributed by atoms with van der Waals surface area (Å²) in [4.78, 5) is 18.4. The average Bonchev–Trinajstić information content (AvgIpc) is 3.31. The van der Waals surface area contributed by atoms with Crippen LogP contribution in [-0.2, 0) is 10.2 Å². The number of hydrogen-bond acceptors (Lipinski definition) is 4. The summed E-state index contributed by atoms with van der Waals surface area (Å²) in [6.45, 7) is 10.7. The van der Waals surface area contributed by atoms with Crippen LogP contribution in [0.3, 0.4) is 0 Å². The summed E-state index contributed by atoms with van der Waals surface area (Å²) in [5.41, 5.74) is 1.04. The summed E-state index contributed by atoms with van der Waals surface area (Å²) < 4.78 is 10.9. The Kier molecular flexibility index (Phi) is 6.65. The maximum absolute atomic E-state index is 11.7. The van der Waals surface area contributed by atoms with E-state index >= 15 is 0 Å². The summed E-state index contributed by atoms with van der Waals surface area (Å²) in [5.74, 6) is 2.70. The molecule has 0 saturated carbocycles. The van der Waals surface area contributed by atoms with Crippen molar-refractivity contribution in [3.63, 3.8) is 0 Å².